The Labute approximate surface area is 137 Å². The van der Waals surface area contributed by atoms with Crippen molar-refractivity contribution in [2.75, 3.05) is 4.31 Å². The van der Waals surface area contributed by atoms with Gasteiger partial charge in [-0.2, -0.15) is 10.4 Å². The summed E-state index contributed by atoms with van der Waals surface area (Å²) < 4.78 is 29.3. The largest absolute Gasteiger partial charge is 0.269 e. The highest BCUT2D eigenvalue weighted by Gasteiger charge is 2.34. The summed E-state index contributed by atoms with van der Waals surface area (Å²) in [5.74, 6) is 0. The van der Waals surface area contributed by atoms with E-state index in [0.29, 0.717) is 23.6 Å². The summed E-state index contributed by atoms with van der Waals surface area (Å²) in [5.41, 5.74) is 1.48. The van der Waals surface area contributed by atoms with Crippen LogP contribution in [0.3, 0.4) is 0 Å². The number of hydrogen-bond acceptors (Lipinski definition) is 4. The van der Waals surface area contributed by atoms with Crippen LogP contribution in [0, 0.1) is 25.2 Å². The summed E-state index contributed by atoms with van der Waals surface area (Å²) in [6.45, 7) is 7.46. The number of nitriles is 1. The van der Waals surface area contributed by atoms with Crippen molar-refractivity contribution in [3.63, 3.8) is 0 Å². The highest BCUT2D eigenvalue weighted by molar-refractivity contribution is 7.93. The van der Waals surface area contributed by atoms with Crippen LogP contribution in [0.1, 0.15) is 25.2 Å². The van der Waals surface area contributed by atoms with E-state index in [1.54, 1.807) is 55.8 Å². The maximum absolute atomic E-state index is 13.2. The number of rotatable bonds is 5. The zero-order valence-electron chi connectivity index (χ0n) is 13.7. The zero-order valence-corrected chi connectivity index (χ0v) is 14.5. The Kier molecular flexibility index (Phi) is 4.76. The van der Waals surface area contributed by atoms with Gasteiger partial charge in [0, 0.05) is 6.54 Å². The van der Waals surface area contributed by atoms with E-state index < -0.39 is 16.1 Å². The van der Waals surface area contributed by atoms with E-state index in [9.17, 15) is 13.7 Å². The molecule has 0 N–H and O–H groups in total. The molecule has 0 aliphatic rings. The topological polar surface area (TPSA) is 79.0 Å². The van der Waals surface area contributed by atoms with Crippen molar-refractivity contribution in [2.45, 2.75) is 45.2 Å². The summed E-state index contributed by atoms with van der Waals surface area (Å²) in [5, 5.41) is 13.6. The predicted octanol–water partition coefficient (Wildman–Crippen LogP) is 2.63. The predicted molar refractivity (Wildman–Crippen MR) is 88.6 cm³/mol. The quantitative estimate of drug-likeness (QED) is 0.843. The van der Waals surface area contributed by atoms with Gasteiger partial charge in [-0.05, 0) is 39.8 Å². The molecule has 0 amide bonds. The molecule has 1 aromatic carbocycles. The smallest absolute Gasteiger partial charge is 0.268 e. The first-order chi connectivity index (χ1) is 10.8. The molecule has 1 atom stereocenters. The standard InChI is InChI=1S/C16H20N4O2S/c1-5-19-14(4)16(13(3)18-19)23(21,22)20(12(2)11-17)15-9-7-6-8-10-15/h6-10,12H,5H2,1-4H3/t12-/m0/s1. The number of anilines is 1. The average molecular weight is 332 g/mol. The molecular weight excluding hydrogens is 312 g/mol. The SMILES string of the molecule is CCn1nc(C)c(S(=O)(=O)N(c2ccccc2)[C@@H](C)C#N)c1C. The van der Waals surface area contributed by atoms with Gasteiger partial charge < -0.3 is 0 Å². The van der Waals surface area contributed by atoms with Crippen LogP contribution in [0.15, 0.2) is 35.2 Å². The van der Waals surface area contributed by atoms with Gasteiger partial charge in [0.05, 0.1) is 23.1 Å². The minimum absolute atomic E-state index is 0.172. The molecule has 0 unspecified atom stereocenters. The van der Waals surface area contributed by atoms with Crippen molar-refractivity contribution >= 4 is 15.7 Å². The first-order valence-electron chi connectivity index (χ1n) is 7.37. The van der Waals surface area contributed by atoms with Gasteiger partial charge in [-0.3, -0.25) is 4.68 Å². The molecule has 1 aromatic heterocycles. The lowest BCUT2D eigenvalue weighted by molar-refractivity contribution is 0.585. The molecule has 0 radical (unpaired) electrons. The Balaban J connectivity index is 2.68. The Bertz CT molecular complexity index is 835. The third-order valence-electron chi connectivity index (χ3n) is 3.68. The average Bonchev–Trinajstić information content (AvgIpc) is 2.82. The first-order valence-corrected chi connectivity index (χ1v) is 8.81. The van der Waals surface area contributed by atoms with Crippen LogP contribution >= 0.6 is 0 Å². The van der Waals surface area contributed by atoms with E-state index in [2.05, 4.69) is 5.10 Å². The Morgan fingerprint density at radius 3 is 2.39 bits per heavy atom. The monoisotopic (exact) mass is 332 g/mol. The number of aryl methyl sites for hydroxylation is 2. The van der Waals surface area contributed by atoms with Crippen molar-refractivity contribution in [1.82, 2.24) is 9.78 Å². The number of aromatic nitrogens is 2. The lowest BCUT2D eigenvalue weighted by Gasteiger charge is -2.26. The molecule has 0 spiro atoms. The molecule has 0 aliphatic heterocycles. The Morgan fingerprint density at radius 2 is 1.91 bits per heavy atom. The van der Waals surface area contributed by atoms with E-state index in [0.717, 1.165) is 4.31 Å². The molecule has 2 rings (SSSR count). The number of para-hydroxylation sites is 1. The highest BCUT2D eigenvalue weighted by Crippen LogP contribution is 2.29. The van der Waals surface area contributed by atoms with E-state index in [4.69, 9.17) is 0 Å². The number of nitrogens with zero attached hydrogens (tertiary/aromatic N) is 4. The van der Waals surface area contributed by atoms with Crippen LogP contribution in [-0.2, 0) is 16.6 Å². The van der Waals surface area contributed by atoms with Gasteiger partial charge in [0.1, 0.15) is 10.9 Å². The summed E-state index contributed by atoms with van der Waals surface area (Å²) in [6.07, 6.45) is 0. The van der Waals surface area contributed by atoms with Crippen LogP contribution < -0.4 is 4.31 Å². The minimum Gasteiger partial charge on any atom is -0.268 e. The summed E-state index contributed by atoms with van der Waals surface area (Å²) in [4.78, 5) is 0.172. The van der Waals surface area contributed by atoms with Gasteiger partial charge in [0.2, 0.25) is 0 Å². The van der Waals surface area contributed by atoms with Crippen molar-refractivity contribution in [3.05, 3.63) is 41.7 Å². The number of sulfonamides is 1. The van der Waals surface area contributed by atoms with Gasteiger partial charge in [-0.25, -0.2) is 12.7 Å². The molecule has 122 valence electrons. The molecule has 1 heterocycles. The number of benzene rings is 1. The molecule has 7 heteroatoms. The summed E-state index contributed by atoms with van der Waals surface area (Å²) >= 11 is 0. The van der Waals surface area contributed by atoms with Gasteiger partial charge in [-0.1, -0.05) is 18.2 Å². The van der Waals surface area contributed by atoms with Crippen LogP contribution in [-0.4, -0.2) is 24.2 Å². The molecule has 6 nitrogen and oxygen atoms in total. The molecule has 23 heavy (non-hydrogen) atoms. The van der Waals surface area contributed by atoms with Gasteiger partial charge in [0.15, 0.2) is 0 Å². The van der Waals surface area contributed by atoms with E-state index in [1.807, 2.05) is 13.0 Å². The van der Waals surface area contributed by atoms with Crippen molar-refractivity contribution in [2.24, 2.45) is 0 Å². The molecule has 0 bridgehead atoms. The maximum atomic E-state index is 13.2. The maximum Gasteiger partial charge on any atom is 0.269 e. The molecule has 2 aromatic rings. The summed E-state index contributed by atoms with van der Waals surface area (Å²) in [7, 11) is -3.89. The minimum atomic E-state index is -3.89. The molecule has 0 saturated carbocycles. The molecule has 0 saturated heterocycles. The van der Waals surface area contributed by atoms with Gasteiger partial charge >= 0.3 is 0 Å². The second-order valence-electron chi connectivity index (χ2n) is 5.26. The van der Waals surface area contributed by atoms with E-state index in [-0.39, 0.29) is 4.90 Å². The van der Waals surface area contributed by atoms with Gasteiger partial charge in [-0.15, -0.1) is 0 Å². The van der Waals surface area contributed by atoms with Crippen molar-refractivity contribution in [1.29, 1.82) is 5.26 Å². The highest BCUT2D eigenvalue weighted by atomic mass is 32.2. The van der Waals surface area contributed by atoms with Crippen molar-refractivity contribution in [3.8, 4) is 6.07 Å². The van der Waals surface area contributed by atoms with E-state index in [1.165, 1.54) is 0 Å². The fourth-order valence-electron chi connectivity index (χ4n) is 2.66. The van der Waals surface area contributed by atoms with E-state index >= 15 is 0 Å². The fraction of sp³-hybridized carbons (Fsp3) is 0.375. The second-order valence-corrected chi connectivity index (χ2v) is 7.01. The molecule has 0 fully saturated rings. The summed E-state index contributed by atoms with van der Waals surface area (Å²) in [6, 6.07) is 9.85. The molecular formula is C16H20N4O2S. The number of hydrogen-bond donors (Lipinski definition) is 0. The lowest BCUT2D eigenvalue weighted by atomic mass is 10.3. The third-order valence-corrected chi connectivity index (χ3v) is 5.83. The normalized spacial score (nSPS) is 12.7. The van der Waals surface area contributed by atoms with Crippen LogP contribution in [0.5, 0.6) is 0 Å². The third kappa shape index (κ3) is 2.94. The second kappa shape index (κ2) is 6.42. The fourth-order valence-corrected chi connectivity index (χ4v) is 4.61. The lowest BCUT2D eigenvalue weighted by Crippen LogP contribution is -2.38. The Hall–Kier alpha value is -2.33. The first kappa shape index (κ1) is 17.0. The van der Waals surface area contributed by atoms with Gasteiger partial charge in [0.25, 0.3) is 10.0 Å². The zero-order chi connectivity index (χ0) is 17.2. The Morgan fingerprint density at radius 1 is 1.30 bits per heavy atom. The van der Waals surface area contributed by atoms with Crippen LogP contribution in [0.2, 0.25) is 0 Å². The molecule has 0 aliphatic carbocycles. The van der Waals surface area contributed by atoms with Crippen LogP contribution in [0.4, 0.5) is 5.69 Å². The van der Waals surface area contributed by atoms with Crippen LogP contribution in [0.25, 0.3) is 0 Å². The van der Waals surface area contributed by atoms with Crippen molar-refractivity contribution < 1.29 is 8.42 Å².